The van der Waals surface area contributed by atoms with Crippen LogP contribution in [0.15, 0.2) is 39.7 Å². The number of carbonyl (C=O) groups excluding carboxylic acids is 1. The van der Waals surface area contributed by atoms with Crippen molar-refractivity contribution in [3.8, 4) is 11.5 Å². The average Bonchev–Trinajstić information content (AvgIpc) is 3.05. The van der Waals surface area contributed by atoms with E-state index in [4.69, 9.17) is 4.42 Å². The second-order valence-electron chi connectivity index (χ2n) is 5.27. The van der Waals surface area contributed by atoms with E-state index >= 15 is 0 Å². The number of amides is 1. The lowest BCUT2D eigenvalue weighted by atomic mass is 9.99. The number of hydrogen-bond acceptors (Lipinski definition) is 4. The number of pyridine rings is 1. The number of hydrogen-bond donors (Lipinski definition) is 3. The van der Waals surface area contributed by atoms with Crippen LogP contribution in [0.5, 0.6) is 0 Å². The third-order valence-corrected chi connectivity index (χ3v) is 3.71. The average molecular weight is 318 g/mol. The zero-order chi connectivity index (χ0) is 17.0. The smallest absolute Gasteiger partial charge is 0.326 e. The molecule has 0 radical (unpaired) electrons. The van der Waals surface area contributed by atoms with Crippen molar-refractivity contribution in [3.63, 3.8) is 0 Å². The highest BCUT2D eigenvalue weighted by molar-refractivity contribution is 5.96. The van der Waals surface area contributed by atoms with Crippen LogP contribution in [0.1, 0.15) is 30.6 Å². The molecule has 0 aromatic carbocycles. The molecule has 122 valence electrons. The van der Waals surface area contributed by atoms with Gasteiger partial charge in [-0.1, -0.05) is 20.3 Å². The first kappa shape index (κ1) is 16.5. The van der Waals surface area contributed by atoms with Gasteiger partial charge in [-0.2, -0.15) is 0 Å². The molecule has 2 unspecified atom stereocenters. The summed E-state index contributed by atoms with van der Waals surface area (Å²) in [6.45, 7) is 3.56. The zero-order valence-corrected chi connectivity index (χ0v) is 12.8. The van der Waals surface area contributed by atoms with Crippen molar-refractivity contribution >= 4 is 11.9 Å². The Labute approximate surface area is 132 Å². The standard InChI is InChI=1S/C16H18N2O5/c1-3-9(2)13(16(21)22)18-15(20)10-6-7-11(17-14(10)19)12-5-4-8-23-12/h4-9,13H,3H2,1-2H3,(H,17,19)(H,18,20)(H,21,22). The third-order valence-electron chi connectivity index (χ3n) is 3.71. The second kappa shape index (κ2) is 6.95. The Morgan fingerprint density at radius 2 is 2.09 bits per heavy atom. The number of carboxylic acids is 1. The van der Waals surface area contributed by atoms with E-state index in [0.717, 1.165) is 0 Å². The van der Waals surface area contributed by atoms with Gasteiger partial charge in [0, 0.05) is 0 Å². The highest BCUT2D eigenvalue weighted by Gasteiger charge is 2.26. The first-order valence-electron chi connectivity index (χ1n) is 7.25. The highest BCUT2D eigenvalue weighted by Crippen LogP contribution is 2.16. The highest BCUT2D eigenvalue weighted by atomic mass is 16.4. The summed E-state index contributed by atoms with van der Waals surface area (Å²) in [6.07, 6.45) is 2.06. The monoisotopic (exact) mass is 318 g/mol. The Bertz CT molecular complexity index is 748. The molecule has 2 atom stereocenters. The molecule has 2 rings (SSSR count). The van der Waals surface area contributed by atoms with E-state index in [9.17, 15) is 19.5 Å². The minimum absolute atomic E-state index is 0.144. The lowest BCUT2D eigenvalue weighted by Gasteiger charge is -2.19. The van der Waals surface area contributed by atoms with Crippen LogP contribution in [0, 0.1) is 5.92 Å². The fourth-order valence-electron chi connectivity index (χ4n) is 2.13. The first-order valence-corrected chi connectivity index (χ1v) is 7.25. The van der Waals surface area contributed by atoms with Gasteiger partial charge in [-0.05, 0) is 30.2 Å². The van der Waals surface area contributed by atoms with Crippen molar-refractivity contribution in [3.05, 3.63) is 46.4 Å². The van der Waals surface area contributed by atoms with Gasteiger partial charge in [-0.3, -0.25) is 9.59 Å². The van der Waals surface area contributed by atoms with Crippen LogP contribution >= 0.6 is 0 Å². The minimum atomic E-state index is -1.13. The van der Waals surface area contributed by atoms with Gasteiger partial charge in [0.25, 0.3) is 11.5 Å². The van der Waals surface area contributed by atoms with Gasteiger partial charge in [0.1, 0.15) is 17.4 Å². The van der Waals surface area contributed by atoms with Crippen LogP contribution in [0.25, 0.3) is 11.5 Å². The molecule has 2 aromatic rings. The van der Waals surface area contributed by atoms with E-state index in [2.05, 4.69) is 10.3 Å². The second-order valence-corrected chi connectivity index (χ2v) is 5.27. The normalized spacial score (nSPS) is 13.3. The molecule has 0 aliphatic carbocycles. The van der Waals surface area contributed by atoms with Crippen LogP contribution < -0.4 is 10.9 Å². The van der Waals surface area contributed by atoms with Crippen molar-refractivity contribution < 1.29 is 19.1 Å². The van der Waals surface area contributed by atoms with Gasteiger partial charge in [-0.15, -0.1) is 0 Å². The lowest BCUT2D eigenvalue weighted by molar-refractivity contribution is -0.140. The van der Waals surface area contributed by atoms with E-state index in [1.54, 1.807) is 19.1 Å². The largest absolute Gasteiger partial charge is 0.480 e. The van der Waals surface area contributed by atoms with Crippen LogP contribution in [-0.2, 0) is 4.79 Å². The van der Waals surface area contributed by atoms with E-state index in [1.807, 2.05) is 6.92 Å². The van der Waals surface area contributed by atoms with Crippen molar-refractivity contribution in [2.24, 2.45) is 5.92 Å². The quantitative estimate of drug-likeness (QED) is 0.752. The molecular weight excluding hydrogens is 300 g/mol. The SMILES string of the molecule is CCC(C)C(NC(=O)c1ccc(-c2ccco2)[nH]c1=O)C(=O)O. The first-order chi connectivity index (χ1) is 10.9. The summed E-state index contributed by atoms with van der Waals surface area (Å²) in [4.78, 5) is 38.0. The maximum atomic E-state index is 12.2. The zero-order valence-electron chi connectivity index (χ0n) is 12.8. The van der Waals surface area contributed by atoms with Crippen LogP contribution in [-0.4, -0.2) is 28.0 Å². The van der Waals surface area contributed by atoms with Gasteiger partial charge in [0.15, 0.2) is 0 Å². The molecule has 0 bridgehead atoms. The molecule has 7 nitrogen and oxygen atoms in total. The Hall–Kier alpha value is -2.83. The summed E-state index contributed by atoms with van der Waals surface area (Å²) >= 11 is 0. The number of aromatic amines is 1. The number of rotatable bonds is 6. The fourth-order valence-corrected chi connectivity index (χ4v) is 2.13. The van der Waals surface area contributed by atoms with E-state index in [-0.39, 0.29) is 11.5 Å². The summed E-state index contributed by atoms with van der Waals surface area (Å²) in [5.74, 6) is -1.63. The van der Waals surface area contributed by atoms with Crippen LogP contribution in [0.4, 0.5) is 0 Å². The topological polar surface area (TPSA) is 112 Å². The summed E-state index contributed by atoms with van der Waals surface area (Å²) < 4.78 is 5.17. The van der Waals surface area contributed by atoms with Gasteiger partial charge < -0.3 is 19.8 Å². The Morgan fingerprint density at radius 3 is 2.61 bits per heavy atom. The van der Waals surface area contributed by atoms with Gasteiger partial charge in [-0.25, -0.2) is 4.79 Å². The molecule has 1 amide bonds. The minimum Gasteiger partial charge on any atom is -0.480 e. The number of carboxylic acid groups (broad SMARTS) is 1. The van der Waals surface area contributed by atoms with Crippen molar-refractivity contribution in [2.45, 2.75) is 26.3 Å². The Morgan fingerprint density at radius 1 is 1.35 bits per heavy atom. The molecule has 7 heteroatoms. The molecular formula is C16H18N2O5. The number of carbonyl (C=O) groups is 2. The molecule has 23 heavy (non-hydrogen) atoms. The predicted octanol–water partition coefficient (Wildman–Crippen LogP) is 1.86. The lowest BCUT2D eigenvalue weighted by Crippen LogP contribution is -2.46. The molecule has 0 aliphatic heterocycles. The van der Waals surface area contributed by atoms with Gasteiger partial charge in [0.05, 0.1) is 12.0 Å². The van der Waals surface area contributed by atoms with Gasteiger partial charge >= 0.3 is 5.97 Å². The van der Waals surface area contributed by atoms with Crippen molar-refractivity contribution in [1.29, 1.82) is 0 Å². The maximum Gasteiger partial charge on any atom is 0.326 e. The summed E-state index contributed by atoms with van der Waals surface area (Å²) in [7, 11) is 0. The van der Waals surface area contributed by atoms with Crippen molar-refractivity contribution in [2.75, 3.05) is 0 Å². The number of aliphatic carboxylic acids is 1. The molecule has 0 aliphatic rings. The molecule has 0 saturated heterocycles. The van der Waals surface area contributed by atoms with E-state index in [0.29, 0.717) is 17.9 Å². The molecule has 0 fully saturated rings. The predicted molar refractivity (Wildman–Crippen MR) is 83.1 cm³/mol. The van der Waals surface area contributed by atoms with Crippen LogP contribution in [0.2, 0.25) is 0 Å². The summed E-state index contributed by atoms with van der Waals surface area (Å²) in [6, 6.07) is 5.19. The van der Waals surface area contributed by atoms with Crippen molar-refractivity contribution in [1.82, 2.24) is 10.3 Å². The van der Waals surface area contributed by atoms with Gasteiger partial charge in [0.2, 0.25) is 0 Å². The third kappa shape index (κ3) is 3.68. The molecule has 2 aromatic heterocycles. The number of furan rings is 1. The Kier molecular flexibility index (Phi) is 5.00. The van der Waals surface area contributed by atoms with E-state index < -0.39 is 23.5 Å². The number of nitrogens with one attached hydrogen (secondary N) is 2. The summed E-state index contributed by atoms with van der Waals surface area (Å²) in [5.41, 5.74) is -0.312. The molecule has 2 heterocycles. The number of H-pyrrole nitrogens is 1. The molecule has 0 spiro atoms. The fraction of sp³-hybridized carbons (Fsp3) is 0.312. The Balaban J connectivity index is 2.23. The maximum absolute atomic E-state index is 12.2. The van der Waals surface area contributed by atoms with Crippen LogP contribution in [0.3, 0.4) is 0 Å². The van der Waals surface area contributed by atoms with E-state index in [1.165, 1.54) is 18.4 Å². The summed E-state index contributed by atoms with van der Waals surface area (Å²) in [5, 5.41) is 11.6. The molecule has 0 saturated carbocycles. The molecule has 3 N–H and O–H groups in total. The number of aromatic nitrogens is 1.